The van der Waals surface area contributed by atoms with Gasteiger partial charge in [-0.25, -0.2) is 4.98 Å². The number of aliphatic hydroxyl groups excluding tert-OH is 1. The number of imidazole rings is 1. The largest absolute Gasteiger partial charge is 0.505 e. The number of likely N-dealkylation sites (N-methyl/N-ethyl adjacent to an activating group) is 1. The van der Waals surface area contributed by atoms with Gasteiger partial charge in [-0.3, -0.25) is 9.59 Å². The molecule has 1 fully saturated rings. The number of pyridine rings is 1. The Balaban J connectivity index is 1.88. The SMILES string of the molecule is CCOc1ccc(C2C(=C(O)c3nc4c(C)cccn4c3C)C(=O)C(=O)N2CCN(C)C)cc1. The van der Waals surface area contributed by atoms with Crippen LogP contribution in [0.1, 0.15) is 35.5 Å². The van der Waals surface area contributed by atoms with Gasteiger partial charge in [0.1, 0.15) is 17.1 Å². The van der Waals surface area contributed by atoms with Crippen LogP contribution in [0.3, 0.4) is 0 Å². The Morgan fingerprint density at radius 2 is 1.85 bits per heavy atom. The summed E-state index contributed by atoms with van der Waals surface area (Å²) in [5.74, 6) is -0.892. The van der Waals surface area contributed by atoms with E-state index in [9.17, 15) is 14.7 Å². The van der Waals surface area contributed by atoms with Gasteiger partial charge in [0.05, 0.1) is 23.9 Å². The first-order chi connectivity index (χ1) is 16.2. The van der Waals surface area contributed by atoms with Gasteiger partial charge in [0.2, 0.25) is 0 Å². The zero-order valence-electron chi connectivity index (χ0n) is 20.2. The molecule has 0 bridgehead atoms. The highest BCUT2D eigenvalue weighted by Gasteiger charge is 2.46. The summed E-state index contributed by atoms with van der Waals surface area (Å²) >= 11 is 0. The number of aromatic nitrogens is 2. The average Bonchev–Trinajstić information content (AvgIpc) is 3.28. The quantitative estimate of drug-likeness (QED) is 0.329. The van der Waals surface area contributed by atoms with E-state index in [1.165, 1.54) is 4.90 Å². The van der Waals surface area contributed by atoms with Gasteiger partial charge in [0, 0.05) is 19.3 Å². The summed E-state index contributed by atoms with van der Waals surface area (Å²) in [6.07, 6.45) is 1.86. The molecule has 3 heterocycles. The number of hydrogen-bond acceptors (Lipinski definition) is 6. The summed E-state index contributed by atoms with van der Waals surface area (Å²) < 4.78 is 7.42. The van der Waals surface area contributed by atoms with E-state index in [0.717, 1.165) is 11.1 Å². The van der Waals surface area contributed by atoms with E-state index < -0.39 is 17.7 Å². The molecular formula is C26H30N4O4. The van der Waals surface area contributed by atoms with Crippen molar-refractivity contribution in [2.24, 2.45) is 0 Å². The maximum Gasteiger partial charge on any atom is 0.295 e. The monoisotopic (exact) mass is 462 g/mol. The Morgan fingerprint density at radius 1 is 1.15 bits per heavy atom. The van der Waals surface area contributed by atoms with Crippen molar-refractivity contribution < 1.29 is 19.4 Å². The summed E-state index contributed by atoms with van der Waals surface area (Å²) in [7, 11) is 3.82. The molecule has 1 aliphatic rings. The van der Waals surface area contributed by atoms with Crippen LogP contribution in [-0.4, -0.2) is 69.8 Å². The van der Waals surface area contributed by atoms with Gasteiger partial charge in [0.15, 0.2) is 5.76 Å². The molecular weight excluding hydrogens is 432 g/mol. The number of fused-ring (bicyclic) bond motifs is 1. The number of nitrogens with zero attached hydrogens (tertiary/aromatic N) is 4. The van der Waals surface area contributed by atoms with Crippen molar-refractivity contribution in [3.8, 4) is 5.75 Å². The van der Waals surface area contributed by atoms with E-state index in [-0.39, 0.29) is 11.3 Å². The third-order valence-corrected chi connectivity index (χ3v) is 6.14. The van der Waals surface area contributed by atoms with Crippen molar-refractivity contribution in [2.45, 2.75) is 26.8 Å². The van der Waals surface area contributed by atoms with Gasteiger partial charge < -0.3 is 24.0 Å². The number of rotatable bonds is 7. The zero-order chi connectivity index (χ0) is 24.6. The molecule has 1 aliphatic heterocycles. The average molecular weight is 463 g/mol. The number of Topliss-reactive ketones (excluding diaryl/α,β-unsaturated/α-hetero) is 1. The lowest BCUT2D eigenvalue weighted by atomic mass is 9.96. The zero-order valence-corrected chi connectivity index (χ0v) is 20.2. The number of likely N-dealkylation sites (tertiary alicyclic amines) is 1. The van der Waals surface area contributed by atoms with Crippen LogP contribution < -0.4 is 4.74 Å². The molecule has 178 valence electrons. The first-order valence-corrected chi connectivity index (χ1v) is 11.3. The van der Waals surface area contributed by atoms with Crippen molar-refractivity contribution >= 4 is 23.1 Å². The van der Waals surface area contributed by atoms with Crippen LogP contribution in [0.15, 0.2) is 48.2 Å². The van der Waals surface area contributed by atoms with Crippen LogP contribution in [0.2, 0.25) is 0 Å². The molecule has 0 aliphatic carbocycles. The van der Waals surface area contributed by atoms with Crippen molar-refractivity contribution in [2.75, 3.05) is 33.8 Å². The topological polar surface area (TPSA) is 87.4 Å². The van der Waals surface area contributed by atoms with Gasteiger partial charge in [0.25, 0.3) is 11.7 Å². The fraction of sp³-hybridized carbons (Fsp3) is 0.346. The number of ketones is 1. The van der Waals surface area contributed by atoms with Crippen molar-refractivity contribution in [3.05, 3.63) is 70.7 Å². The van der Waals surface area contributed by atoms with Gasteiger partial charge in [-0.2, -0.15) is 0 Å². The number of carbonyl (C=O) groups is 2. The highest BCUT2D eigenvalue weighted by molar-refractivity contribution is 6.46. The summed E-state index contributed by atoms with van der Waals surface area (Å²) in [6.45, 7) is 7.13. The molecule has 34 heavy (non-hydrogen) atoms. The second kappa shape index (κ2) is 9.30. The van der Waals surface area contributed by atoms with Crippen LogP contribution in [0.25, 0.3) is 11.4 Å². The second-order valence-electron chi connectivity index (χ2n) is 8.73. The van der Waals surface area contributed by atoms with E-state index in [2.05, 4.69) is 4.98 Å². The molecule has 0 saturated carbocycles. The van der Waals surface area contributed by atoms with Gasteiger partial charge >= 0.3 is 0 Å². The summed E-state index contributed by atoms with van der Waals surface area (Å²) in [5.41, 5.74) is 3.41. The van der Waals surface area contributed by atoms with Crippen molar-refractivity contribution in [1.82, 2.24) is 19.2 Å². The molecule has 2 aromatic heterocycles. The Kier molecular flexibility index (Phi) is 6.43. The molecule has 8 heteroatoms. The third kappa shape index (κ3) is 4.05. The first-order valence-electron chi connectivity index (χ1n) is 11.3. The number of aryl methyl sites for hydroxylation is 2. The van der Waals surface area contributed by atoms with E-state index in [1.807, 2.05) is 86.8 Å². The number of hydrogen-bond donors (Lipinski definition) is 1. The minimum atomic E-state index is -0.721. The van der Waals surface area contributed by atoms with Gasteiger partial charge in [-0.15, -0.1) is 0 Å². The Morgan fingerprint density at radius 3 is 2.47 bits per heavy atom. The van der Waals surface area contributed by atoms with Gasteiger partial charge in [-0.05, 0) is 64.2 Å². The third-order valence-electron chi connectivity index (χ3n) is 6.14. The number of aliphatic hydroxyl groups is 1. The fourth-order valence-corrected chi connectivity index (χ4v) is 4.35. The lowest BCUT2D eigenvalue weighted by molar-refractivity contribution is -0.140. The van der Waals surface area contributed by atoms with Crippen molar-refractivity contribution in [3.63, 3.8) is 0 Å². The summed E-state index contributed by atoms with van der Waals surface area (Å²) in [5, 5.41) is 11.4. The minimum absolute atomic E-state index is 0.0528. The molecule has 8 nitrogen and oxygen atoms in total. The van der Waals surface area contributed by atoms with E-state index in [0.29, 0.717) is 42.5 Å². The predicted molar refractivity (Wildman–Crippen MR) is 130 cm³/mol. The second-order valence-corrected chi connectivity index (χ2v) is 8.73. The smallest absolute Gasteiger partial charge is 0.295 e. The molecule has 0 spiro atoms. The normalized spacial score (nSPS) is 17.8. The number of amides is 1. The maximum absolute atomic E-state index is 13.2. The Bertz CT molecular complexity index is 1270. The standard InChI is InChI=1S/C26H30N4O4/c1-6-34-19-11-9-18(10-12-19)22-20(24(32)26(33)30(22)15-14-28(4)5)23(31)21-17(3)29-13-7-8-16(2)25(29)27-21/h7-13,22,31H,6,14-15H2,1-5H3. The molecule has 1 aromatic carbocycles. The Hall–Kier alpha value is -3.65. The lowest BCUT2D eigenvalue weighted by Gasteiger charge is -2.26. The Labute approximate surface area is 199 Å². The number of benzene rings is 1. The van der Waals surface area contributed by atoms with E-state index in [1.54, 1.807) is 0 Å². The molecule has 1 saturated heterocycles. The van der Waals surface area contributed by atoms with E-state index >= 15 is 0 Å². The van der Waals surface area contributed by atoms with E-state index in [4.69, 9.17) is 4.74 Å². The highest BCUT2D eigenvalue weighted by atomic mass is 16.5. The molecule has 1 amide bonds. The van der Waals surface area contributed by atoms with Crippen LogP contribution in [0.4, 0.5) is 0 Å². The minimum Gasteiger partial charge on any atom is -0.505 e. The molecule has 1 atom stereocenters. The predicted octanol–water partition coefficient (Wildman–Crippen LogP) is 3.33. The lowest BCUT2D eigenvalue weighted by Crippen LogP contribution is -2.35. The molecule has 4 rings (SSSR count). The van der Waals surface area contributed by atoms with Crippen LogP contribution >= 0.6 is 0 Å². The summed E-state index contributed by atoms with van der Waals surface area (Å²) in [6, 6.07) is 10.4. The highest BCUT2D eigenvalue weighted by Crippen LogP contribution is 2.40. The molecule has 0 radical (unpaired) electrons. The van der Waals surface area contributed by atoms with Crippen LogP contribution in [0, 0.1) is 13.8 Å². The summed E-state index contributed by atoms with van der Waals surface area (Å²) in [4.78, 5) is 34.4. The molecule has 1 N–H and O–H groups in total. The first kappa shape index (κ1) is 23.5. The van der Waals surface area contributed by atoms with Crippen molar-refractivity contribution in [1.29, 1.82) is 0 Å². The number of carbonyl (C=O) groups excluding carboxylic acids is 2. The van der Waals surface area contributed by atoms with Crippen LogP contribution in [0.5, 0.6) is 5.75 Å². The maximum atomic E-state index is 13.2. The fourth-order valence-electron chi connectivity index (χ4n) is 4.35. The van der Waals surface area contributed by atoms with Gasteiger partial charge in [-0.1, -0.05) is 18.2 Å². The molecule has 3 aromatic rings. The number of ether oxygens (including phenoxy) is 1. The molecule has 1 unspecified atom stereocenters. The van der Waals surface area contributed by atoms with Crippen LogP contribution in [-0.2, 0) is 9.59 Å².